The molecule has 0 fully saturated rings. The van der Waals surface area contributed by atoms with Crippen molar-refractivity contribution in [3.8, 4) is 5.75 Å². The number of anilines is 1. The fourth-order valence-corrected chi connectivity index (χ4v) is 1.05. The van der Waals surface area contributed by atoms with Gasteiger partial charge in [-0.15, -0.1) is 0 Å². The van der Waals surface area contributed by atoms with Crippen molar-refractivity contribution < 1.29 is 9.53 Å². The monoisotopic (exact) mass is 216 g/mol. The third-order valence-electron chi connectivity index (χ3n) is 1.71. The molecule has 80 valence electrons. The molecule has 2 aromatic rings. The number of carbonyl (C=O) groups is 1. The van der Waals surface area contributed by atoms with Crippen molar-refractivity contribution in [3.05, 3.63) is 42.6 Å². The van der Waals surface area contributed by atoms with Crippen LogP contribution in [0.1, 0.15) is 10.5 Å². The number of esters is 1. The van der Waals surface area contributed by atoms with Gasteiger partial charge >= 0.3 is 5.97 Å². The van der Waals surface area contributed by atoms with E-state index in [1.54, 1.807) is 18.3 Å². The number of rotatable bonds is 2. The molecule has 16 heavy (non-hydrogen) atoms. The number of nitrogen functional groups attached to an aromatic ring is 1. The quantitative estimate of drug-likeness (QED) is 0.742. The summed E-state index contributed by atoms with van der Waals surface area (Å²) in [7, 11) is 0. The average molecular weight is 216 g/mol. The van der Waals surface area contributed by atoms with Gasteiger partial charge in [-0.2, -0.15) is 0 Å². The summed E-state index contributed by atoms with van der Waals surface area (Å²) >= 11 is 0. The van der Waals surface area contributed by atoms with Crippen LogP contribution in [-0.2, 0) is 0 Å². The van der Waals surface area contributed by atoms with Gasteiger partial charge in [-0.3, -0.25) is 9.97 Å². The summed E-state index contributed by atoms with van der Waals surface area (Å²) in [5.74, 6) is -0.106. The molecule has 0 bridgehead atoms. The first-order valence-corrected chi connectivity index (χ1v) is 4.45. The average Bonchev–Trinajstić information content (AvgIpc) is 2.30. The smallest absolute Gasteiger partial charge is 0.364 e. The molecule has 0 saturated heterocycles. The molecule has 0 radical (unpaired) electrons. The van der Waals surface area contributed by atoms with Gasteiger partial charge in [0.2, 0.25) is 0 Å². The molecular weight excluding hydrogens is 208 g/mol. The van der Waals surface area contributed by atoms with Gasteiger partial charge in [0.15, 0.2) is 5.69 Å². The van der Waals surface area contributed by atoms with Crippen molar-refractivity contribution in [3.63, 3.8) is 0 Å². The SMILES string of the molecule is Nc1cncc(C(=O)Oc2cccnc2)n1. The zero-order chi connectivity index (χ0) is 11.4. The highest BCUT2D eigenvalue weighted by atomic mass is 16.5. The van der Waals surface area contributed by atoms with Crippen molar-refractivity contribution in [2.75, 3.05) is 5.73 Å². The third-order valence-corrected chi connectivity index (χ3v) is 1.71. The summed E-state index contributed by atoms with van der Waals surface area (Å²) in [5, 5.41) is 0. The van der Waals surface area contributed by atoms with E-state index < -0.39 is 5.97 Å². The Bertz CT molecular complexity index is 501. The molecular formula is C10H8N4O2. The third kappa shape index (κ3) is 2.30. The minimum absolute atomic E-state index is 0.0591. The molecule has 0 atom stereocenters. The number of carbonyl (C=O) groups excluding carboxylic acids is 1. The number of pyridine rings is 1. The lowest BCUT2D eigenvalue weighted by Crippen LogP contribution is -2.12. The zero-order valence-corrected chi connectivity index (χ0v) is 8.20. The Labute approximate surface area is 91.1 Å². The maximum absolute atomic E-state index is 11.6. The summed E-state index contributed by atoms with van der Waals surface area (Å²) in [6, 6.07) is 3.28. The van der Waals surface area contributed by atoms with E-state index in [9.17, 15) is 4.79 Å². The van der Waals surface area contributed by atoms with Crippen molar-refractivity contribution in [1.29, 1.82) is 0 Å². The first kappa shape index (κ1) is 10.0. The summed E-state index contributed by atoms with van der Waals surface area (Å²) in [5.41, 5.74) is 5.46. The van der Waals surface area contributed by atoms with Crippen LogP contribution in [0.2, 0.25) is 0 Å². The van der Waals surface area contributed by atoms with Gasteiger partial charge in [0.25, 0.3) is 0 Å². The number of nitrogens with two attached hydrogens (primary N) is 1. The maximum atomic E-state index is 11.6. The lowest BCUT2D eigenvalue weighted by Gasteiger charge is -2.02. The van der Waals surface area contributed by atoms with Gasteiger partial charge in [0.1, 0.15) is 11.6 Å². The van der Waals surface area contributed by atoms with Crippen LogP contribution in [0.3, 0.4) is 0 Å². The van der Waals surface area contributed by atoms with Crippen molar-refractivity contribution in [2.45, 2.75) is 0 Å². The van der Waals surface area contributed by atoms with Gasteiger partial charge in [0, 0.05) is 6.20 Å². The van der Waals surface area contributed by atoms with Crippen molar-refractivity contribution in [1.82, 2.24) is 15.0 Å². The predicted molar refractivity (Wildman–Crippen MR) is 55.6 cm³/mol. The normalized spacial score (nSPS) is 9.75. The van der Waals surface area contributed by atoms with Gasteiger partial charge in [-0.05, 0) is 12.1 Å². The summed E-state index contributed by atoms with van der Waals surface area (Å²) < 4.78 is 5.00. The number of hydrogen-bond acceptors (Lipinski definition) is 6. The predicted octanol–water partition coefficient (Wildman–Crippen LogP) is 0.673. The highest BCUT2D eigenvalue weighted by molar-refractivity contribution is 5.88. The number of ether oxygens (including phenoxy) is 1. The summed E-state index contributed by atoms with van der Waals surface area (Å²) in [6.45, 7) is 0. The molecule has 2 aromatic heterocycles. The number of aromatic nitrogens is 3. The lowest BCUT2D eigenvalue weighted by molar-refractivity contribution is 0.0727. The molecule has 2 heterocycles. The second-order valence-corrected chi connectivity index (χ2v) is 2.91. The van der Waals surface area contributed by atoms with Crippen LogP contribution in [-0.4, -0.2) is 20.9 Å². The Balaban J connectivity index is 2.15. The molecule has 0 amide bonds. The van der Waals surface area contributed by atoms with Crippen LogP contribution in [0.4, 0.5) is 5.82 Å². The molecule has 0 aliphatic heterocycles. The molecule has 0 unspecified atom stereocenters. The van der Waals surface area contributed by atoms with E-state index in [1.165, 1.54) is 18.6 Å². The van der Waals surface area contributed by atoms with Crippen LogP contribution < -0.4 is 10.5 Å². The molecule has 2 rings (SSSR count). The van der Waals surface area contributed by atoms with E-state index in [-0.39, 0.29) is 11.5 Å². The minimum Gasteiger partial charge on any atom is -0.420 e. The molecule has 6 heteroatoms. The fourth-order valence-electron chi connectivity index (χ4n) is 1.05. The van der Waals surface area contributed by atoms with E-state index in [2.05, 4.69) is 15.0 Å². The molecule has 0 aliphatic carbocycles. The zero-order valence-electron chi connectivity index (χ0n) is 8.20. The maximum Gasteiger partial charge on any atom is 0.364 e. The Morgan fingerprint density at radius 2 is 2.12 bits per heavy atom. The Morgan fingerprint density at radius 1 is 1.25 bits per heavy atom. The Morgan fingerprint density at radius 3 is 2.81 bits per heavy atom. The Hall–Kier alpha value is -2.50. The fraction of sp³-hybridized carbons (Fsp3) is 0. The second kappa shape index (κ2) is 4.35. The van der Waals surface area contributed by atoms with Crippen LogP contribution in [0.15, 0.2) is 36.9 Å². The van der Waals surface area contributed by atoms with Crippen LogP contribution in [0.5, 0.6) is 5.75 Å². The minimum atomic E-state index is -0.618. The molecule has 0 spiro atoms. The molecule has 0 saturated carbocycles. The van der Waals surface area contributed by atoms with Gasteiger partial charge in [-0.25, -0.2) is 9.78 Å². The van der Waals surface area contributed by atoms with Crippen LogP contribution in [0, 0.1) is 0 Å². The number of hydrogen-bond donors (Lipinski definition) is 1. The van der Waals surface area contributed by atoms with Crippen molar-refractivity contribution in [2.24, 2.45) is 0 Å². The molecule has 6 nitrogen and oxygen atoms in total. The van der Waals surface area contributed by atoms with Gasteiger partial charge in [-0.1, -0.05) is 0 Å². The first-order valence-electron chi connectivity index (χ1n) is 4.45. The van der Waals surface area contributed by atoms with Crippen LogP contribution >= 0.6 is 0 Å². The molecule has 0 aromatic carbocycles. The van der Waals surface area contributed by atoms with Gasteiger partial charge < -0.3 is 10.5 Å². The topological polar surface area (TPSA) is 91.0 Å². The van der Waals surface area contributed by atoms with E-state index in [0.717, 1.165) is 0 Å². The van der Waals surface area contributed by atoms with Crippen molar-refractivity contribution >= 4 is 11.8 Å². The van der Waals surface area contributed by atoms with E-state index >= 15 is 0 Å². The second-order valence-electron chi connectivity index (χ2n) is 2.91. The van der Waals surface area contributed by atoms with E-state index in [0.29, 0.717) is 5.75 Å². The van der Waals surface area contributed by atoms with E-state index in [4.69, 9.17) is 10.5 Å². The molecule has 0 aliphatic rings. The lowest BCUT2D eigenvalue weighted by atomic mass is 10.4. The highest BCUT2D eigenvalue weighted by Crippen LogP contribution is 2.09. The first-order chi connectivity index (χ1) is 7.75. The summed E-state index contributed by atoms with van der Waals surface area (Å²) in [6.07, 6.45) is 5.64. The largest absolute Gasteiger partial charge is 0.420 e. The standard InChI is InChI=1S/C10H8N4O2/c11-9-6-13-5-8(14-9)10(15)16-7-2-1-3-12-4-7/h1-6H,(H2,11,14). The van der Waals surface area contributed by atoms with Crippen LogP contribution in [0.25, 0.3) is 0 Å². The highest BCUT2D eigenvalue weighted by Gasteiger charge is 2.10. The number of nitrogens with zero attached hydrogens (tertiary/aromatic N) is 3. The summed E-state index contributed by atoms with van der Waals surface area (Å²) in [4.78, 5) is 22.9. The van der Waals surface area contributed by atoms with E-state index in [1.807, 2.05) is 0 Å². The molecule has 2 N–H and O–H groups in total. The Kier molecular flexibility index (Phi) is 2.73. The van der Waals surface area contributed by atoms with Gasteiger partial charge in [0.05, 0.1) is 18.6 Å².